The van der Waals surface area contributed by atoms with Crippen LogP contribution >= 0.6 is 0 Å². The van der Waals surface area contributed by atoms with Crippen LogP contribution in [-0.2, 0) is 0 Å². The normalized spacial score (nSPS) is 14.0. The SMILES string of the molecule is COc1cc2c(cc1C)C(=O)C=CC2=O. The van der Waals surface area contributed by atoms with Crippen molar-refractivity contribution in [3.05, 3.63) is 41.0 Å². The van der Waals surface area contributed by atoms with Crippen molar-refractivity contribution < 1.29 is 14.3 Å². The number of carbonyl (C=O) groups is 2. The molecule has 0 aromatic heterocycles. The molecule has 1 aromatic rings. The number of hydrogen-bond donors (Lipinski definition) is 0. The van der Waals surface area contributed by atoms with Gasteiger partial charge >= 0.3 is 0 Å². The molecule has 15 heavy (non-hydrogen) atoms. The van der Waals surface area contributed by atoms with Gasteiger partial charge < -0.3 is 4.74 Å². The monoisotopic (exact) mass is 202 g/mol. The molecule has 76 valence electrons. The molecule has 3 nitrogen and oxygen atoms in total. The predicted molar refractivity (Wildman–Crippen MR) is 55.5 cm³/mol. The maximum absolute atomic E-state index is 11.5. The van der Waals surface area contributed by atoms with Gasteiger partial charge in [0.05, 0.1) is 7.11 Å². The van der Waals surface area contributed by atoms with E-state index in [4.69, 9.17) is 4.74 Å². The first kappa shape index (κ1) is 9.65. The second kappa shape index (κ2) is 3.35. The van der Waals surface area contributed by atoms with Crippen LogP contribution in [-0.4, -0.2) is 18.7 Å². The average molecular weight is 202 g/mol. The molecule has 0 N–H and O–H groups in total. The van der Waals surface area contributed by atoms with Gasteiger partial charge in [0.1, 0.15) is 5.75 Å². The number of allylic oxidation sites excluding steroid dienone is 2. The predicted octanol–water partition coefficient (Wildman–Crippen LogP) is 1.94. The van der Waals surface area contributed by atoms with Gasteiger partial charge in [-0.1, -0.05) is 0 Å². The largest absolute Gasteiger partial charge is 0.496 e. The smallest absolute Gasteiger partial charge is 0.186 e. The zero-order chi connectivity index (χ0) is 11.0. The lowest BCUT2D eigenvalue weighted by Gasteiger charge is -2.12. The van der Waals surface area contributed by atoms with E-state index >= 15 is 0 Å². The van der Waals surface area contributed by atoms with Gasteiger partial charge in [-0.25, -0.2) is 0 Å². The quantitative estimate of drug-likeness (QED) is 0.699. The molecule has 0 atom stereocenters. The van der Waals surface area contributed by atoms with E-state index in [1.165, 1.54) is 12.2 Å². The third-order valence-corrected chi connectivity index (χ3v) is 2.45. The van der Waals surface area contributed by atoms with Gasteiger partial charge in [0, 0.05) is 11.1 Å². The number of benzene rings is 1. The van der Waals surface area contributed by atoms with Crippen LogP contribution in [0.1, 0.15) is 26.3 Å². The van der Waals surface area contributed by atoms with Crippen LogP contribution in [0, 0.1) is 6.92 Å². The molecule has 2 rings (SSSR count). The van der Waals surface area contributed by atoms with E-state index in [2.05, 4.69) is 0 Å². The molecule has 3 heteroatoms. The van der Waals surface area contributed by atoms with Crippen LogP contribution in [0.25, 0.3) is 0 Å². The standard InChI is InChI=1S/C12H10O3/c1-7-5-8-9(6-12(7)15-2)11(14)4-3-10(8)13/h3-6H,1-2H3. The zero-order valence-electron chi connectivity index (χ0n) is 8.53. The van der Waals surface area contributed by atoms with E-state index < -0.39 is 0 Å². The molecule has 0 heterocycles. The number of ether oxygens (including phenoxy) is 1. The second-order valence-electron chi connectivity index (χ2n) is 3.43. The van der Waals surface area contributed by atoms with Gasteiger partial charge in [0.15, 0.2) is 11.6 Å². The Balaban J connectivity index is 2.68. The van der Waals surface area contributed by atoms with Crippen LogP contribution in [0.4, 0.5) is 0 Å². The second-order valence-corrected chi connectivity index (χ2v) is 3.43. The highest BCUT2D eigenvalue weighted by Crippen LogP contribution is 2.26. The Kier molecular flexibility index (Phi) is 2.15. The van der Waals surface area contributed by atoms with Crippen molar-refractivity contribution in [2.75, 3.05) is 7.11 Å². The third-order valence-electron chi connectivity index (χ3n) is 2.45. The molecule has 0 radical (unpaired) electrons. The Morgan fingerprint density at radius 2 is 1.53 bits per heavy atom. The molecule has 0 spiro atoms. The molecule has 1 aliphatic carbocycles. The molecule has 0 saturated heterocycles. The highest BCUT2D eigenvalue weighted by Gasteiger charge is 2.20. The minimum atomic E-state index is -0.150. The number of fused-ring (bicyclic) bond motifs is 1. The summed E-state index contributed by atoms with van der Waals surface area (Å²) in [5.74, 6) is 0.350. The van der Waals surface area contributed by atoms with Crippen molar-refractivity contribution >= 4 is 11.6 Å². The summed E-state index contributed by atoms with van der Waals surface area (Å²) >= 11 is 0. The summed E-state index contributed by atoms with van der Waals surface area (Å²) in [5, 5.41) is 0. The summed E-state index contributed by atoms with van der Waals surface area (Å²) in [4.78, 5) is 23.0. The fourth-order valence-electron chi connectivity index (χ4n) is 1.65. The van der Waals surface area contributed by atoms with Crippen molar-refractivity contribution in [2.45, 2.75) is 6.92 Å². The summed E-state index contributed by atoms with van der Waals surface area (Å²) in [6, 6.07) is 3.31. The number of aryl methyl sites for hydroxylation is 1. The van der Waals surface area contributed by atoms with Gasteiger partial charge in [0.2, 0.25) is 0 Å². The number of ketones is 2. The van der Waals surface area contributed by atoms with Gasteiger partial charge in [-0.05, 0) is 36.8 Å². The van der Waals surface area contributed by atoms with E-state index in [1.54, 1.807) is 19.2 Å². The van der Waals surface area contributed by atoms with Crippen molar-refractivity contribution in [3.8, 4) is 5.75 Å². The minimum absolute atomic E-state index is 0.129. The molecule has 0 fully saturated rings. The summed E-state index contributed by atoms with van der Waals surface area (Å²) < 4.78 is 5.11. The van der Waals surface area contributed by atoms with Crippen LogP contribution in [0.3, 0.4) is 0 Å². The number of rotatable bonds is 1. The summed E-state index contributed by atoms with van der Waals surface area (Å²) in [6.07, 6.45) is 2.59. The number of methoxy groups -OCH3 is 1. The topological polar surface area (TPSA) is 43.4 Å². The zero-order valence-corrected chi connectivity index (χ0v) is 8.53. The lowest BCUT2D eigenvalue weighted by molar-refractivity contribution is 0.0994. The Morgan fingerprint density at radius 1 is 1.00 bits per heavy atom. The van der Waals surface area contributed by atoms with Crippen LogP contribution in [0.15, 0.2) is 24.3 Å². The summed E-state index contributed by atoms with van der Waals surface area (Å²) in [6.45, 7) is 1.84. The van der Waals surface area contributed by atoms with E-state index in [0.29, 0.717) is 16.9 Å². The molecular formula is C12H10O3. The lowest BCUT2D eigenvalue weighted by atomic mass is 9.93. The lowest BCUT2D eigenvalue weighted by Crippen LogP contribution is -2.12. The highest BCUT2D eigenvalue weighted by atomic mass is 16.5. The fraction of sp³-hybridized carbons (Fsp3) is 0.167. The molecule has 0 saturated carbocycles. The maximum atomic E-state index is 11.5. The van der Waals surface area contributed by atoms with E-state index in [9.17, 15) is 9.59 Å². The highest BCUT2D eigenvalue weighted by molar-refractivity contribution is 6.22. The van der Waals surface area contributed by atoms with Crippen molar-refractivity contribution in [1.82, 2.24) is 0 Å². The molecule has 0 amide bonds. The van der Waals surface area contributed by atoms with Gasteiger partial charge in [-0.2, -0.15) is 0 Å². The molecule has 1 aliphatic rings. The van der Waals surface area contributed by atoms with E-state index in [1.807, 2.05) is 6.92 Å². The van der Waals surface area contributed by atoms with Gasteiger partial charge in [0.25, 0.3) is 0 Å². The Bertz CT molecular complexity index is 484. The molecular weight excluding hydrogens is 192 g/mol. The Labute approximate surface area is 87.4 Å². The first-order valence-electron chi connectivity index (χ1n) is 4.59. The minimum Gasteiger partial charge on any atom is -0.496 e. The van der Waals surface area contributed by atoms with Crippen LogP contribution < -0.4 is 4.74 Å². The molecule has 1 aromatic carbocycles. The summed E-state index contributed by atoms with van der Waals surface area (Å²) in [7, 11) is 1.54. The summed E-state index contributed by atoms with van der Waals surface area (Å²) in [5.41, 5.74) is 1.73. The molecule has 0 bridgehead atoms. The van der Waals surface area contributed by atoms with Crippen molar-refractivity contribution in [1.29, 1.82) is 0 Å². The molecule has 0 aliphatic heterocycles. The van der Waals surface area contributed by atoms with Crippen LogP contribution in [0.5, 0.6) is 5.75 Å². The first-order chi connectivity index (χ1) is 7.13. The average Bonchev–Trinajstić information content (AvgIpc) is 2.23. The Hall–Kier alpha value is -1.90. The fourth-order valence-corrected chi connectivity index (χ4v) is 1.65. The number of carbonyl (C=O) groups excluding carboxylic acids is 2. The van der Waals surface area contributed by atoms with Crippen LogP contribution in [0.2, 0.25) is 0 Å². The van der Waals surface area contributed by atoms with Gasteiger partial charge in [-0.15, -0.1) is 0 Å². The van der Waals surface area contributed by atoms with Gasteiger partial charge in [-0.3, -0.25) is 9.59 Å². The molecule has 0 unspecified atom stereocenters. The van der Waals surface area contributed by atoms with Crippen molar-refractivity contribution in [2.24, 2.45) is 0 Å². The Morgan fingerprint density at radius 3 is 2.07 bits per heavy atom. The first-order valence-corrected chi connectivity index (χ1v) is 4.59. The maximum Gasteiger partial charge on any atom is 0.186 e. The van der Waals surface area contributed by atoms with Crippen molar-refractivity contribution in [3.63, 3.8) is 0 Å². The van der Waals surface area contributed by atoms with E-state index in [-0.39, 0.29) is 11.6 Å². The van der Waals surface area contributed by atoms with E-state index in [0.717, 1.165) is 5.56 Å². The number of hydrogen-bond acceptors (Lipinski definition) is 3. The third kappa shape index (κ3) is 1.46.